The molecule has 0 aliphatic rings. The molecule has 0 aliphatic carbocycles. The topological polar surface area (TPSA) is 64.6 Å². The second kappa shape index (κ2) is 49.0. The highest BCUT2D eigenvalue weighted by atomic mass is 19.2. The zero-order valence-electron chi connectivity index (χ0n) is 63.3. The normalized spacial score (nSPS) is 11.4. The van der Waals surface area contributed by atoms with Gasteiger partial charge >= 0.3 is 0 Å². The van der Waals surface area contributed by atoms with Crippen molar-refractivity contribution in [3.8, 4) is 11.5 Å². The Balaban J connectivity index is 0.000000665. The number of benzene rings is 7. The minimum Gasteiger partial charge on any atom is -0.487 e. The number of halogens is 31. The van der Waals surface area contributed by atoms with Gasteiger partial charge in [-0.25, -0.2) is 119 Å². The molecule has 0 amide bonds. The number of ether oxygens (including phenoxy) is 7. The maximum Gasteiger partial charge on any atom is 0.206 e. The van der Waals surface area contributed by atoms with Crippen molar-refractivity contribution in [1.82, 2.24) is 0 Å². The van der Waals surface area contributed by atoms with E-state index in [0.29, 0.717) is 18.7 Å². The van der Waals surface area contributed by atoms with Crippen LogP contribution in [0.5, 0.6) is 11.5 Å². The van der Waals surface area contributed by atoms with Gasteiger partial charge in [0, 0.05) is 56.8 Å². The summed E-state index contributed by atoms with van der Waals surface area (Å²) in [7, 11) is 0. The zero-order chi connectivity index (χ0) is 88.1. The Bertz CT molecular complexity index is 4110. The Kier molecular flexibility index (Phi) is 44.6. The van der Waals surface area contributed by atoms with E-state index in [9.17, 15) is 136 Å². The lowest BCUT2D eigenvalue weighted by molar-refractivity contribution is 0.0412. The molecule has 7 nitrogen and oxygen atoms in total. The van der Waals surface area contributed by atoms with Gasteiger partial charge in [0.25, 0.3) is 0 Å². The van der Waals surface area contributed by atoms with Gasteiger partial charge in [0.1, 0.15) is 5.82 Å². The third kappa shape index (κ3) is 31.4. The van der Waals surface area contributed by atoms with Gasteiger partial charge in [-0.3, -0.25) is 0 Å². The van der Waals surface area contributed by atoms with Crippen LogP contribution in [0.15, 0.2) is 24.3 Å². The summed E-state index contributed by atoms with van der Waals surface area (Å²) in [5, 5.41) is 0. The standard InChI is InChI=1S/C12H13F5O.C11H11F5O.3C11H12F4O.C10H9F5O.C10H10F4O/c1-5(2)4-18-6(3)7-8(13)10(15)12(17)11(16)9(7)14;1-5(2)3-17-4-6-7(12)9(14)11(16)10(15)8(6)13;1-6(2)4-16-5-7-10(14)8(12)3-9(13)11(7)15;1-6(2)4-16-5-7-8(12)3-9(13)11(15)10(7)14;1-6(2)4-16-5-7-3-8(12)10(14)11(15)9(7)13;1-4(2)3-16-10-8(14)6(12)5(11)7(13)9(10)15;1-5(2)4-15-10-8(13)6(11)3-7(12)9(10)14/h5-6H,4H2,1-3H3;5H,3-4H2,1-2H3;3*3,6H,4-5H2,1-2H3;4H,3H2,1-2H3;3,5H,4H2,1-2H3. The van der Waals surface area contributed by atoms with E-state index in [2.05, 4.69) is 9.47 Å². The predicted octanol–water partition coefficient (Wildman–Crippen LogP) is 24.6. The number of hydrogen-bond acceptors (Lipinski definition) is 7. The largest absolute Gasteiger partial charge is 0.487 e. The number of rotatable bonds is 26. The third-order valence-electron chi connectivity index (χ3n) is 13.4. The molecule has 0 radical (unpaired) electrons. The van der Waals surface area contributed by atoms with Gasteiger partial charge in [-0.2, -0.15) is 17.6 Å². The fourth-order valence-corrected chi connectivity index (χ4v) is 7.87. The molecule has 0 saturated heterocycles. The van der Waals surface area contributed by atoms with Crippen LogP contribution >= 0.6 is 0 Å². The summed E-state index contributed by atoms with van der Waals surface area (Å²) < 4.78 is 434. The zero-order valence-corrected chi connectivity index (χ0v) is 63.3. The van der Waals surface area contributed by atoms with E-state index < -0.39 is 240 Å². The summed E-state index contributed by atoms with van der Waals surface area (Å²) in [6.07, 6.45) is -1.21. The highest BCUT2D eigenvalue weighted by Gasteiger charge is 2.32. The van der Waals surface area contributed by atoms with Gasteiger partial charge in [0.05, 0.1) is 68.0 Å². The fraction of sp³-hybridized carbons (Fsp3) is 0.447. The van der Waals surface area contributed by atoms with Crippen LogP contribution in [0.4, 0.5) is 136 Å². The Morgan fingerprint density at radius 2 is 0.439 bits per heavy atom. The van der Waals surface area contributed by atoms with Crippen molar-refractivity contribution in [1.29, 1.82) is 0 Å². The molecule has 642 valence electrons. The molecule has 0 fully saturated rings. The molecule has 0 aromatic heterocycles. The van der Waals surface area contributed by atoms with Gasteiger partial charge in [-0.05, 0) is 54.4 Å². The van der Waals surface area contributed by atoms with Crippen LogP contribution in [-0.2, 0) is 50.1 Å². The Morgan fingerprint density at radius 3 is 0.789 bits per heavy atom. The molecular formula is C76H79F31O7. The quantitative estimate of drug-likeness (QED) is 0.0304. The minimum atomic E-state index is -2.19. The van der Waals surface area contributed by atoms with E-state index in [-0.39, 0.29) is 105 Å². The van der Waals surface area contributed by atoms with Crippen LogP contribution in [0.3, 0.4) is 0 Å². The maximum absolute atomic E-state index is 13.4. The molecule has 0 bridgehead atoms. The van der Waals surface area contributed by atoms with Crippen molar-refractivity contribution >= 4 is 0 Å². The van der Waals surface area contributed by atoms with Crippen molar-refractivity contribution in [3.05, 3.63) is 232 Å². The van der Waals surface area contributed by atoms with Crippen molar-refractivity contribution in [2.45, 2.75) is 136 Å². The van der Waals surface area contributed by atoms with Crippen molar-refractivity contribution < 1.29 is 169 Å². The Labute approximate surface area is 635 Å². The Morgan fingerprint density at radius 1 is 0.202 bits per heavy atom. The molecule has 1 atom stereocenters. The minimum absolute atomic E-state index is 0.00451. The summed E-state index contributed by atoms with van der Waals surface area (Å²) >= 11 is 0. The van der Waals surface area contributed by atoms with Crippen LogP contribution in [0.2, 0.25) is 0 Å². The second-order valence-electron chi connectivity index (χ2n) is 27.0. The SMILES string of the molecule is CC(C)COC(C)c1c(F)c(F)c(F)c(F)c1F.CC(C)COCc1c(F)c(F)c(F)c(F)c1F.CC(C)COCc1c(F)c(F)cc(F)c1F.CC(C)COCc1c(F)cc(F)c(F)c1F.CC(C)COCc1cc(F)c(F)c(F)c1F.CC(C)COc1c(F)c(F)c(F)c(F)c1F.CC(C)COc1c(F)c(F)cc(F)c1F. The van der Waals surface area contributed by atoms with Crippen LogP contribution < -0.4 is 9.47 Å². The average molecular weight is 1690 g/mol. The Hall–Kier alpha value is -8.23. The maximum atomic E-state index is 13.4. The predicted molar refractivity (Wildman–Crippen MR) is 352 cm³/mol. The van der Waals surface area contributed by atoms with E-state index in [1.807, 2.05) is 41.5 Å². The molecule has 7 rings (SSSR count). The summed E-state index contributed by atoms with van der Waals surface area (Å²) in [6, 6.07) is 1.24. The third-order valence-corrected chi connectivity index (χ3v) is 13.4. The second-order valence-corrected chi connectivity index (χ2v) is 27.0. The van der Waals surface area contributed by atoms with E-state index in [4.69, 9.17) is 23.7 Å². The fourth-order valence-electron chi connectivity index (χ4n) is 7.87. The summed E-state index contributed by atoms with van der Waals surface area (Å²) in [5.41, 5.74) is -3.50. The van der Waals surface area contributed by atoms with Crippen molar-refractivity contribution in [2.75, 3.05) is 46.2 Å². The first-order valence-corrected chi connectivity index (χ1v) is 33.7. The van der Waals surface area contributed by atoms with E-state index in [0.717, 1.165) is 0 Å². The first kappa shape index (κ1) is 104. The molecule has 1 unspecified atom stereocenters. The van der Waals surface area contributed by atoms with Crippen molar-refractivity contribution in [2.24, 2.45) is 41.4 Å². The molecule has 38 heteroatoms. The van der Waals surface area contributed by atoms with E-state index in [1.54, 1.807) is 55.4 Å². The van der Waals surface area contributed by atoms with Gasteiger partial charge in [0.15, 0.2) is 134 Å². The summed E-state index contributed by atoms with van der Waals surface area (Å²) in [5.74, 6) is -55.0. The molecule has 0 saturated carbocycles. The molecule has 0 aliphatic heterocycles. The lowest BCUT2D eigenvalue weighted by Crippen LogP contribution is -2.14. The molecule has 7 aromatic carbocycles. The molecule has 0 spiro atoms. The van der Waals surface area contributed by atoms with Crippen LogP contribution in [0.1, 0.15) is 138 Å². The van der Waals surface area contributed by atoms with Gasteiger partial charge < -0.3 is 33.2 Å². The molecule has 0 heterocycles. The summed E-state index contributed by atoms with van der Waals surface area (Å²) in [6.45, 7) is 25.6. The lowest BCUT2D eigenvalue weighted by Gasteiger charge is -2.17. The van der Waals surface area contributed by atoms with Crippen LogP contribution in [0.25, 0.3) is 0 Å². The monoisotopic (exact) mass is 1690 g/mol. The van der Waals surface area contributed by atoms with Crippen LogP contribution in [0, 0.1) is 222 Å². The van der Waals surface area contributed by atoms with Gasteiger partial charge in [-0.1, -0.05) is 96.9 Å². The van der Waals surface area contributed by atoms with E-state index >= 15 is 0 Å². The average Bonchev–Trinajstić information content (AvgIpc) is 0.797. The molecule has 114 heavy (non-hydrogen) atoms. The van der Waals surface area contributed by atoms with Gasteiger partial charge in [0.2, 0.25) is 52.4 Å². The molecular weight excluding hydrogens is 1610 g/mol. The lowest BCUT2D eigenvalue weighted by atomic mass is 10.1. The first-order valence-electron chi connectivity index (χ1n) is 33.7. The first-order chi connectivity index (χ1) is 52.7. The summed E-state index contributed by atoms with van der Waals surface area (Å²) in [4.78, 5) is 0. The molecule has 0 N–H and O–H groups in total. The highest BCUT2D eigenvalue weighted by molar-refractivity contribution is 5.31. The van der Waals surface area contributed by atoms with Crippen LogP contribution in [-0.4, -0.2) is 46.2 Å². The highest BCUT2D eigenvalue weighted by Crippen LogP contribution is 2.33. The number of hydrogen-bond donors (Lipinski definition) is 0. The van der Waals surface area contributed by atoms with Crippen molar-refractivity contribution in [3.63, 3.8) is 0 Å². The smallest absolute Gasteiger partial charge is 0.206 e. The van der Waals surface area contributed by atoms with E-state index in [1.165, 1.54) is 6.92 Å². The molecule has 7 aromatic rings. The van der Waals surface area contributed by atoms with Gasteiger partial charge in [-0.15, -0.1) is 0 Å².